The molecular weight excluding hydrogens is 376 g/mol. The van der Waals surface area contributed by atoms with Gasteiger partial charge in [-0.1, -0.05) is 42.5 Å². The standard InChI is InChI=1S/C25H30N2O3/c1-2-30-24(28)13-10-20-8-11-23(12-9-20)25(29)26-18-21-14-16-27(17-15-21)19-22-6-4-3-5-7-22/h3-13,21H,2,14-19H2,1H3,(H,26,29)/b13-10+. The van der Waals surface area contributed by atoms with E-state index in [-0.39, 0.29) is 11.9 Å². The topological polar surface area (TPSA) is 58.6 Å². The van der Waals surface area contributed by atoms with Gasteiger partial charge in [0.25, 0.3) is 5.91 Å². The van der Waals surface area contributed by atoms with Gasteiger partial charge in [-0.15, -0.1) is 0 Å². The Morgan fingerprint density at radius 1 is 1.07 bits per heavy atom. The van der Waals surface area contributed by atoms with Crippen LogP contribution >= 0.6 is 0 Å². The van der Waals surface area contributed by atoms with E-state index in [1.165, 1.54) is 11.6 Å². The molecule has 0 radical (unpaired) electrons. The summed E-state index contributed by atoms with van der Waals surface area (Å²) in [5.74, 6) is 0.101. The largest absolute Gasteiger partial charge is 0.463 e. The fraction of sp³-hybridized carbons (Fsp3) is 0.360. The Labute approximate surface area is 178 Å². The molecule has 0 spiro atoms. The molecule has 0 atom stereocenters. The smallest absolute Gasteiger partial charge is 0.330 e. The van der Waals surface area contributed by atoms with Gasteiger partial charge in [-0.2, -0.15) is 0 Å². The van der Waals surface area contributed by atoms with Crippen molar-refractivity contribution in [3.8, 4) is 0 Å². The molecule has 0 bridgehead atoms. The number of carbonyl (C=O) groups excluding carboxylic acids is 2. The van der Waals surface area contributed by atoms with Gasteiger partial charge in [-0.3, -0.25) is 9.69 Å². The van der Waals surface area contributed by atoms with Gasteiger partial charge in [0.1, 0.15) is 0 Å². The van der Waals surface area contributed by atoms with E-state index >= 15 is 0 Å². The first kappa shape index (κ1) is 21.8. The maximum Gasteiger partial charge on any atom is 0.330 e. The number of likely N-dealkylation sites (tertiary alicyclic amines) is 1. The number of carbonyl (C=O) groups is 2. The van der Waals surface area contributed by atoms with E-state index in [4.69, 9.17) is 4.74 Å². The lowest BCUT2D eigenvalue weighted by Crippen LogP contribution is -2.38. The minimum absolute atomic E-state index is 0.0531. The Kier molecular flexibility index (Phi) is 8.21. The highest BCUT2D eigenvalue weighted by molar-refractivity contribution is 5.94. The highest BCUT2D eigenvalue weighted by Crippen LogP contribution is 2.18. The molecule has 1 fully saturated rings. The van der Waals surface area contributed by atoms with E-state index in [1.54, 1.807) is 25.1 Å². The summed E-state index contributed by atoms with van der Waals surface area (Å²) < 4.78 is 4.86. The van der Waals surface area contributed by atoms with Crippen molar-refractivity contribution in [3.63, 3.8) is 0 Å². The van der Waals surface area contributed by atoms with Gasteiger partial charge in [-0.05, 0) is 68.1 Å². The summed E-state index contributed by atoms with van der Waals surface area (Å²) in [5.41, 5.74) is 2.83. The Morgan fingerprint density at radius 2 is 1.77 bits per heavy atom. The Hall–Kier alpha value is -2.92. The van der Waals surface area contributed by atoms with Crippen LogP contribution in [0.15, 0.2) is 60.7 Å². The number of amides is 1. The zero-order chi connectivity index (χ0) is 21.2. The van der Waals surface area contributed by atoms with Crippen LogP contribution in [0.4, 0.5) is 0 Å². The third-order valence-electron chi connectivity index (χ3n) is 5.38. The van der Waals surface area contributed by atoms with Crippen LogP contribution in [0.1, 0.15) is 41.3 Å². The lowest BCUT2D eigenvalue weighted by molar-refractivity contribution is -0.137. The lowest BCUT2D eigenvalue weighted by Gasteiger charge is -2.32. The van der Waals surface area contributed by atoms with Gasteiger partial charge in [0, 0.05) is 24.7 Å². The minimum atomic E-state index is -0.367. The summed E-state index contributed by atoms with van der Waals surface area (Å²) >= 11 is 0. The Morgan fingerprint density at radius 3 is 2.43 bits per heavy atom. The number of nitrogens with zero attached hydrogens (tertiary/aromatic N) is 1. The summed E-state index contributed by atoms with van der Waals surface area (Å²) in [6.45, 7) is 5.97. The van der Waals surface area contributed by atoms with Gasteiger partial charge < -0.3 is 10.1 Å². The second-order valence-electron chi connectivity index (χ2n) is 7.62. The summed E-state index contributed by atoms with van der Waals surface area (Å²) in [6.07, 6.45) is 5.28. The van der Waals surface area contributed by atoms with Crippen LogP contribution in [0.2, 0.25) is 0 Å². The molecule has 5 nitrogen and oxygen atoms in total. The predicted molar refractivity (Wildman–Crippen MR) is 119 cm³/mol. The Bertz CT molecular complexity index is 838. The van der Waals surface area contributed by atoms with Gasteiger partial charge in [0.05, 0.1) is 6.61 Å². The molecule has 2 aromatic rings. The zero-order valence-corrected chi connectivity index (χ0v) is 17.5. The van der Waals surface area contributed by atoms with Crippen LogP contribution in [0.5, 0.6) is 0 Å². The van der Waals surface area contributed by atoms with Crippen molar-refractivity contribution >= 4 is 18.0 Å². The van der Waals surface area contributed by atoms with E-state index in [9.17, 15) is 9.59 Å². The van der Waals surface area contributed by atoms with Crippen LogP contribution < -0.4 is 5.32 Å². The van der Waals surface area contributed by atoms with Crippen molar-refractivity contribution in [2.45, 2.75) is 26.3 Å². The number of ether oxygens (including phenoxy) is 1. The van der Waals surface area contributed by atoms with Crippen molar-refractivity contribution in [3.05, 3.63) is 77.4 Å². The van der Waals surface area contributed by atoms with Gasteiger partial charge >= 0.3 is 5.97 Å². The summed E-state index contributed by atoms with van der Waals surface area (Å²) in [6, 6.07) is 17.8. The van der Waals surface area contributed by atoms with Crippen molar-refractivity contribution in [1.29, 1.82) is 0 Å². The number of benzene rings is 2. The molecule has 0 aliphatic carbocycles. The maximum absolute atomic E-state index is 12.4. The average molecular weight is 407 g/mol. The summed E-state index contributed by atoms with van der Waals surface area (Å²) in [7, 11) is 0. The van der Waals surface area contributed by atoms with E-state index < -0.39 is 0 Å². The van der Waals surface area contributed by atoms with Crippen molar-refractivity contribution < 1.29 is 14.3 Å². The predicted octanol–water partition coefficient (Wildman–Crippen LogP) is 3.90. The molecule has 1 aliphatic rings. The van der Waals surface area contributed by atoms with Crippen molar-refractivity contribution in [2.75, 3.05) is 26.2 Å². The molecule has 0 saturated carbocycles. The molecule has 158 valence electrons. The first-order valence-corrected chi connectivity index (χ1v) is 10.6. The number of piperidine rings is 1. The molecule has 5 heteroatoms. The monoisotopic (exact) mass is 406 g/mol. The number of rotatable bonds is 8. The third-order valence-corrected chi connectivity index (χ3v) is 5.38. The van der Waals surface area contributed by atoms with Gasteiger partial charge in [0.15, 0.2) is 0 Å². The molecule has 30 heavy (non-hydrogen) atoms. The second-order valence-corrected chi connectivity index (χ2v) is 7.62. The lowest BCUT2D eigenvalue weighted by atomic mass is 9.96. The number of nitrogens with one attached hydrogen (secondary N) is 1. The minimum Gasteiger partial charge on any atom is -0.463 e. The second kappa shape index (κ2) is 11.3. The van der Waals surface area contributed by atoms with E-state index in [1.807, 2.05) is 18.2 Å². The van der Waals surface area contributed by atoms with Gasteiger partial charge in [-0.25, -0.2) is 4.79 Å². The summed E-state index contributed by atoms with van der Waals surface area (Å²) in [5, 5.41) is 3.07. The van der Waals surface area contributed by atoms with Crippen LogP contribution in [0, 0.1) is 5.92 Å². The van der Waals surface area contributed by atoms with Crippen LogP contribution in [-0.2, 0) is 16.1 Å². The quantitative estimate of drug-likeness (QED) is 0.534. The first-order valence-electron chi connectivity index (χ1n) is 10.6. The fourth-order valence-electron chi connectivity index (χ4n) is 3.63. The van der Waals surface area contributed by atoms with Crippen molar-refractivity contribution in [1.82, 2.24) is 10.2 Å². The highest BCUT2D eigenvalue weighted by atomic mass is 16.5. The van der Waals surface area contributed by atoms with Crippen LogP contribution in [0.25, 0.3) is 6.08 Å². The van der Waals surface area contributed by atoms with Crippen LogP contribution in [-0.4, -0.2) is 43.0 Å². The van der Waals surface area contributed by atoms with Crippen molar-refractivity contribution in [2.24, 2.45) is 5.92 Å². The molecule has 1 amide bonds. The number of hydrogen-bond donors (Lipinski definition) is 1. The van der Waals surface area contributed by atoms with Gasteiger partial charge in [0.2, 0.25) is 0 Å². The molecule has 1 heterocycles. The molecular formula is C25H30N2O3. The molecule has 3 rings (SSSR count). The van der Waals surface area contributed by atoms with E-state index in [0.717, 1.165) is 38.0 Å². The normalized spacial score (nSPS) is 15.2. The molecule has 0 unspecified atom stereocenters. The maximum atomic E-state index is 12.4. The average Bonchev–Trinajstić information content (AvgIpc) is 2.78. The fourth-order valence-corrected chi connectivity index (χ4v) is 3.63. The molecule has 1 saturated heterocycles. The molecule has 1 aliphatic heterocycles. The molecule has 2 aromatic carbocycles. The van der Waals surface area contributed by atoms with E-state index in [0.29, 0.717) is 24.6 Å². The highest BCUT2D eigenvalue weighted by Gasteiger charge is 2.20. The SMILES string of the molecule is CCOC(=O)/C=C/c1ccc(C(=O)NCC2CCN(Cc3ccccc3)CC2)cc1. The zero-order valence-electron chi connectivity index (χ0n) is 17.5. The molecule has 1 N–H and O–H groups in total. The molecule has 0 aromatic heterocycles. The Balaban J connectivity index is 1.40. The van der Waals surface area contributed by atoms with Crippen LogP contribution in [0.3, 0.4) is 0 Å². The first-order chi connectivity index (χ1) is 14.6. The van der Waals surface area contributed by atoms with E-state index in [2.05, 4.69) is 34.5 Å². The number of hydrogen-bond acceptors (Lipinski definition) is 4. The third kappa shape index (κ3) is 6.85. The summed E-state index contributed by atoms with van der Waals surface area (Å²) in [4.78, 5) is 26.3. The number of esters is 1.